The number of urea groups is 1. The number of benzene rings is 2. The number of hydrogen-bond acceptors (Lipinski definition) is 2. The van der Waals surface area contributed by atoms with E-state index in [2.05, 4.69) is 26.6 Å². The highest BCUT2D eigenvalue weighted by Gasteiger charge is 2.39. The van der Waals surface area contributed by atoms with Gasteiger partial charge >= 0.3 is 6.03 Å². The summed E-state index contributed by atoms with van der Waals surface area (Å²) >= 11 is 3.39. The lowest BCUT2D eigenvalue weighted by Crippen LogP contribution is -2.52. The van der Waals surface area contributed by atoms with Gasteiger partial charge in [0.25, 0.3) is 0 Å². The molecular weight excluding hydrogens is 425 g/mol. The van der Waals surface area contributed by atoms with Gasteiger partial charge in [-0.25, -0.2) is 9.18 Å². The number of nitrogens with one attached hydrogen (secondary N) is 2. The fraction of sp³-hybridized carbons (Fsp3) is 0.333. The average molecular weight is 448 g/mol. The van der Waals surface area contributed by atoms with Gasteiger partial charge in [0, 0.05) is 29.8 Å². The van der Waals surface area contributed by atoms with Crippen molar-refractivity contribution in [1.82, 2.24) is 10.2 Å². The van der Waals surface area contributed by atoms with Crippen molar-refractivity contribution in [3.05, 3.63) is 64.4 Å². The molecule has 0 unspecified atom stereocenters. The van der Waals surface area contributed by atoms with E-state index in [0.29, 0.717) is 31.7 Å². The van der Waals surface area contributed by atoms with E-state index in [9.17, 15) is 14.0 Å². The van der Waals surface area contributed by atoms with E-state index >= 15 is 0 Å². The molecule has 2 aromatic carbocycles. The lowest BCUT2D eigenvalue weighted by molar-refractivity contribution is -0.132. The number of rotatable bonds is 4. The van der Waals surface area contributed by atoms with E-state index in [0.717, 1.165) is 16.5 Å². The Morgan fingerprint density at radius 2 is 1.96 bits per heavy atom. The predicted molar refractivity (Wildman–Crippen MR) is 110 cm³/mol. The zero-order valence-corrected chi connectivity index (χ0v) is 17.3. The molecule has 3 amide bonds. The molecule has 0 saturated carbocycles. The highest BCUT2D eigenvalue weighted by atomic mass is 79.9. The fourth-order valence-corrected chi connectivity index (χ4v) is 3.76. The zero-order valence-electron chi connectivity index (χ0n) is 15.7. The minimum Gasteiger partial charge on any atom is -0.351 e. The van der Waals surface area contributed by atoms with Crippen LogP contribution in [-0.2, 0) is 11.3 Å². The average Bonchev–Trinajstić information content (AvgIpc) is 2.67. The molecule has 0 aliphatic carbocycles. The standard InChI is InChI=1S/C21H23BrFN3O2/c1-21(19(27)24-13-15-6-8-17(23)9-7-15)10-3-11-26(14-21)20(28)25-18-5-2-4-16(22)12-18/h2,4-9,12H,3,10-11,13-14H2,1H3,(H,24,27)(H,25,28)/t21-/m0/s1. The summed E-state index contributed by atoms with van der Waals surface area (Å²) in [7, 11) is 0. The first-order chi connectivity index (χ1) is 13.4. The summed E-state index contributed by atoms with van der Waals surface area (Å²) in [6.45, 7) is 3.17. The van der Waals surface area contributed by atoms with Crippen LogP contribution in [0.5, 0.6) is 0 Å². The normalized spacial score (nSPS) is 19.2. The number of carbonyl (C=O) groups excluding carboxylic acids is 2. The molecule has 0 bridgehead atoms. The van der Waals surface area contributed by atoms with Gasteiger partial charge in [0.15, 0.2) is 0 Å². The van der Waals surface area contributed by atoms with Gasteiger partial charge in [-0.15, -0.1) is 0 Å². The monoisotopic (exact) mass is 447 g/mol. The second kappa shape index (κ2) is 8.73. The number of piperidine rings is 1. The summed E-state index contributed by atoms with van der Waals surface area (Å²) in [6.07, 6.45) is 1.47. The van der Waals surface area contributed by atoms with E-state index in [1.165, 1.54) is 12.1 Å². The molecule has 0 spiro atoms. The molecule has 2 N–H and O–H groups in total. The first kappa shape index (κ1) is 20.3. The molecule has 1 aliphatic rings. The third-order valence-corrected chi connectivity index (χ3v) is 5.47. The highest BCUT2D eigenvalue weighted by Crippen LogP contribution is 2.30. The maximum absolute atomic E-state index is 13.0. The molecule has 1 atom stereocenters. The van der Waals surface area contributed by atoms with E-state index in [-0.39, 0.29) is 17.8 Å². The van der Waals surface area contributed by atoms with Gasteiger partial charge in [-0.3, -0.25) is 4.79 Å². The maximum atomic E-state index is 13.0. The summed E-state index contributed by atoms with van der Waals surface area (Å²) in [6, 6.07) is 13.2. The van der Waals surface area contributed by atoms with Crippen LogP contribution in [0.2, 0.25) is 0 Å². The van der Waals surface area contributed by atoms with E-state index in [1.54, 1.807) is 17.0 Å². The number of anilines is 1. The molecule has 1 aliphatic heterocycles. The van der Waals surface area contributed by atoms with Crippen molar-refractivity contribution in [2.24, 2.45) is 5.41 Å². The number of halogens is 2. The molecule has 28 heavy (non-hydrogen) atoms. The third-order valence-electron chi connectivity index (χ3n) is 4.97. The van der Waals surface area contributed by atoms with Gasteiger partial charge in [0.05, 0.1) is 5.41 Å². The van der Waals surface area contributed by atoms with Crippen molar-refractivity contribution >= 4 is 33.6 Å². The number of nitrogens with zero attached hydrogens (tertiary/aromatic N) is 1. The Morgan fingerprint density at radius 1 is 1.21 bits per heavy atom. The van der Waals surface area contributed by atoms with Crippen molar-refractivity contribution in [3.8, 4) is 0 Å². The second-order valence-electron chi connectivity index (χ2n) is 7.34. The zero-order chi connectivity index (χ0) is 20.1. The van der Waals surface area contributed by atoms with Crippen LogP contribution >= 0.6 is 15.9 Å². The SMILES string of the molecule is C[C@]1(C(=O)NCc2ccc(F)cc2)CCCN(C(=O)Nc2cccc(Br)c2)C1. The fourth-order valence-electron chi connectivity index (χ4n) is 3.36. The second-order valence-corrected chi connectivity index (χ2v) is 8.25. The number of carbonyl (C=O) groups is 2. The number of likely N-dealkylation sites (tertiary alicyclic amines) is 1. The quantitative estimate of drug-likeness (QED) is 0.722. The third kappa shape index (κ3) is 5.10. The predicted octanol–water partition coefficient (Wildman–Crippen LogP) is 4.54. The summed E-state index contributed by atoms with van der Waals surface area (Å²) < 4.78 is 13.9. The lowest BCUT2D eigenvalue weighted by atomic mass is 9.81. The van der Waals surface area contributed by atoms with Crippen LogP contribution in [0.25, 0.3) is 0 Å². The van der Waals surface area contributed by atoms with Crippen molar-refractivity contribution in [1.29, 1.82) is 0 Å². The summed E-state index contributed by atoms with van der Waals surface area (Å²) in [5.74, 6) is -0.404. The summed E-state index contributed by atoms with van der Waals surface area (Å²) in [5.41, 5.74) is 0.873. The van der Waals surface area contributed by atoms with Crippen molar-refractivity contribution < 1.29 is 14.0 Å². The Bertz CT molecular complexity index is 859. The van der Waals surface area contributed by atoms with Crippen LogP contribution < -0.4 is 10.6 Å². The minimum absolute atomic E-state index is 0.100. The first-order valence-electron chi connectivity index (χ1n) is 9.20. The van der Waals surface area contributed by atoms with Crippen LogP contribution in [-0.4, -0.2) is 29.9 Å². The largest absolute Gasteiger partial charge is 0.351 e. The van der Waals surface area contributed by atoms with Crippen molar-refractivity contribution in [3.63, 3.8) is 0 Å². The van der Waals surface area contributed by atoms with E-state index < -0.39 is 5.41 Å². The molecule has 0 aromatic heterocycles. The Balaban J connectivity index is 1.59. The maximum Gasteiger partial charge on any atom is 0.321 e. The molecule has 2 aromatic rings. The molecule has 1 heterocycles. The minimum atomic E-state index is -0.660. The van der Waals surface area contributed by atoms with Crippen LogP contribution in [0, 0.1) is 11.2 Å². The van der Waals surface area contributed by atoms with Crippen LogP contribution in [0.1, 0.15) is 25.3 Å². The highest BCUT2D eigenvalue weighted by molar-refractivity contribution is 9.10. The van der Waals surface area contributed by atoms with Crippen LogP contribution in [0.15, 0.2) is 53.0 Å². The molecule has 3 rings (SSSR count). The Hall–Kier alpha value is -2.41. The van der Waals surface area contributed by atoms with Crippen molar-refractivity contribution in [2.45, 2.75) is 26.3 Å². The lowest BCUT2D eigenvalue weighted by Gasteiger charge is -2.39. The first-order valence-corrected chi connectivity index (χ1v) is 9.99. The van der Waals surface area contributed by atoms with Gasteiger partial charge in [0.1, 0.15) is 5.82 Å². The Labute approximate surface area is 172 Å². The molecule has 148 valence electrons. The van der Waals surface area contributed by atoms with Gasteiger partial charge in [-0.2, -0.15) is 0 Å². The summed E-state index contributed by atoms with van der Waals surface area (Å²) in [4.78, 5) is 27.1. The van der Waals surface area contributed by atoms with E-state index in [1.807, 2.05) is 31.2 Å². The van der Waals surface area contributed by atoms with Gasteiger partial charge in [-0.05, 0) is 55.7 Å². The molecule has 1 saturated heterocycles. The number of amides is 3. The molecule has 1 fully saturated rings. The van der Waals surface area contributed by atoms with Gasteiger partial charge in [-0.1, -0.05) is 34.1 Å². The smallest absolute Gasteiger partial charge is 0.321 e. The topological polar surface area (TPSA) is 61.4 Å². The van der Waals surface area contributed by atoms with E-state index in [4.69, 9.17) is 0 Å². The van der Waals surface area contributed by atoms with Crippen LogP contribution in [0.3, 0.4) is 0 Å². The molecular formula is C21H23BrFN3O2. The van der Waals surface area contributed by atoms with Crippen LogP contribution in [0.4, 0.5) is 14.9 Å². The number of hydrogen-bond donors (Lipinski definition) is 2. The molecule has 0 radical (unpaired) electrons. The van der Waals surface area contributed by atoms with Gasteiger partial charge in [0.2, 0.25) is 5.91 Å². The molecule has 7 heteroatoms. The Morgan fingerprint density at radius 3 is 2.68 bits per heavy atom. The Kier molecular flexibility index (Phi) is 6.34. The van der Waals surface area contributed by atoms with Crippen molar-refractivity contribution in [2.75, 3.05) is 18.4 Å². The molecule has 5 nitrogen and oxygen atoms in total. The van der Waals surface area contributed by atoms with Gasteiger partial charge < -0.3 is 15.5 Å². The summed E-state index contributed by atoms with van der Waals surface area (Å²) in [5, 5.41) is 5.80.